The number of fused-ring (bicyclic) bond motifs is 1. The minimum atomic E-state index is -1.01. The summed E-state index contributed by atoms with van der Waals surface area (Å²) in [4.78, 5) is 18.8. The molecule has 0 spiro atoms. The molecule has 1 N–H and O–H groups in total. The SMILES string of the molecule is COc1cc(F)c([N+](=O)[O-])cc1Nc1nccc(-c2cn(C)c3cc(F)ccc23)n1. The molecule has 0 saturated carbocycles. The van der Waals surface area contributed by atoms with Gasteiger partial charge in [0.25, 0.3) is 0 Å². The summed E-state index contributed by atoms with van der Waals surface area (Å²) >= 11 is 0. The number of halogens is 2. The number of hydrogen-bond donors (Lipinski definition) is 1. The van der Waals surface area contributed by atoms with Gasteiger partial charge in [0.2, 0.25) is 11.8 Å². The second-order valence-corrected chi connectivity index (χ2v) is 6.47. The minimum Gasteiger partial charge on any atom is -0.494 e. The first-order valence-electron chi connectivity index (χ1n) is 8.74. The molecule has 0 fully saturated rings. The van der Waals surface area contributed by atoms with Crippen LogP contribution in [0.5, 0.6) is 5.75 Å². The Hall–Kier alpha value is -4.08. The number of nitrogens with zero attached hydrogens (tertiary/aromatic N) is 4. The van der Waals surface area contributed by atoms with Gasteiger partial charge in [-0.05, 0) is 24.3 Å². The molecule has 0 aliphatic rings. The second-order valence-electron chi connectivity index (χ2n) is 6.47. The van der Waals surface area contributed by atoms with Crippen LogP contribution in [0.2, 0.25) is 0 Å². The molecule has 0 aliphatic carbocycles. The van der Waals surface area contributed by atoms with E-state index in [-0.39, 0.29) is 23.2 Å². The van der Waals surface area contributed by atoms with Crippen molar-refractivity contribution >= 4 is 28.2 Å². The summed E-state index contributed by atoms with van der Waals surface area (Å²) in [5.74, 6) is -1.16. The van der Waals surface area contributed by atoms with E-state index in [1.165, 1.54) is 25.4 Å². The number of aromatic nitrogens is 3. The average molecular weight is 411 g/mol. The van der Waals surface area contributed by atoms with Crippen LogP contribution in [-0.2, 0) is 7.05 Å². The van der Waals surface area contributed by atoms with Crippen LogP contribution in [0, 0.1) is 21.7 Å². The zero-order chi connectivity index (χ0) is 21.4. The highest BCUT2D eigenvalue weighted by molar-refractivity contribution is 5.95. The highest BCUT2D eigenvalue weighted by Gasteiger charge is 2.20. The molecule has 30 heavy (non-hydrogen) atoms. The molecule has 0 bridgehead atoms. The molecule has 4 rings (SSSR count). The maximum Gasteiger partial charge on any atom is 0.307 e. The molecule has 2 aromatic carbocycles. The van der Waals surface area contributed by atoms with Crippen molar-refractivity contribution in [2.45, 2.75) is 0 Å². The van der Waals surface area contributed by atoms with Gasteiger partial charge in [-0.15, -0.1) is 0 Å². The molecule has 0 radical (unpaired) electrons. The van der Waals surface area contributed by atoms with Crippen molar-refractivity contribution in [3.8, 4) is 17.0 Å². The Balaban J connectivity index is 1.76. The Morgan fingerprint density at radius 1 is 1.20 bits per heavy atom. The molecule has 0 amide bonds. The number of benzene rings is 2. The number of methoxy groups -OCH3 is 1. The third-order valence-electron chi connectivity index (χ3n) is 4.60. The van der Waals surface area contributed by atoms with E-state index < -0.39 is 16.4 Å². The van der Waals surface area contributed by atoms with Gasteiger partial charge in [-0.3, -0.25) is 10.1 Å². The van der Waals surface area contributed by atoms with Crippen molar-refractivity contribution < 1.29 is 18.4 Å². The van der Waals surface area contributed by atoms with Crippen LogP contribution in [0.15, 0.2) is 48.8 Å². The largest absolute Gasteiger partial charge is 0.494 e. The van der Waals surface area contributed by atoms with E-state index in [0.29, 0.717) is 11.2 Å². The molecule has 0 aliphatic heterocycles. The summed E-state index contributed by atoms with van der Waals surface area (Å²) in [7, 11) is 3.12. The van der Waals surface area contributed by atoms with Crippen molar-refractivity contribution in [1.29, 1.82) is 0 Å². The molecule has 10 heteroatoms. The summed E-state index contributed by atoms with van der Waals surface area (Å²) in [6, 6.07) is 8.10. The van der Waals surface area contributed by atoms with Crippen molar-refractivity contribution in [1.82, 2.24) is 14.5 Å². The zero-order valence-corrected chi connectivity index (χ0v) is 15.9. The van der Waals surface area contributed by atoms with Crippen molar-refractivity contribution in [2.24, 2.45) is 7.05 Å². The number of hydrogen-bond acceptors (Lipinski definition) is 6. The molecular formula is C20H15F2N5O3. The molecule has 2 heterocycles. The fourth-order valence-corrected chi connectivity index (χ4v) is 3.20. The van der Waals surface area contributed by atoms with Gasteiger partial charge in [0.05, 0.1) is 28.9 Å². The van der Waals surface area contributed by atoms with Crippen LogP contribution in [0.1, 0.15) is 0 Å². The van der Waals surface area contributed by atoms with E-state index in [0.717, 1.165) is 23.1 Å². The van der Waals surface area contributed by atoms with E-state index in [9.17, 15) is 18.9 Å². The van der Waals surface area contributed by atoms with Crippen molar-refractivity contribution in [2.75, 3.05) is 12.4 Å². The summed E-state index contributed by atoms with van der Waals surface area (Å²) < 4.78 is 34.3. The zero-order valence-electron chi connectivity index (χ0n) is 15.9. The highest BCUT2D eigenvalue weighted by atomic mass is 19.1. The van der Waals surface area contributed by atoms with Gasteiger partial charge in [-0.25, -0.2) is 14.4 Å². The fourth-order valence-electron chi connectivity index (χ4n) is 3.20. The molecule has 2 aromatic heterocycles. The topological polar surface area (TPSA) is 95.1 Å². The number of anilines is 2. The Bertz CT molecular complexity index is 1290. The average Bonchev–Trinajstić information content (AvgIpc) is 3.05. The number of aryl methyl sites for hydroxylation is 1. The predicted molar refractivity (Wildman–Crippen MR) is 107 cm³/mol. The summed E-state index contributed by atoms with van der Waals surface area (Å²) in [5.41, 5.74) is 1.46. The highest BCUT2D eigenvalue weighted by Crippen LogP contribution is 2.34. The lowest BCUT2D eigenvalue weighted by Gasteiger charge is -2.11. The van der Waals surface area contributed by atoms with Crippen LogP contribution >= 0.6 is 0 Å². The van der Waals surface area contributed by atoms with Crippen LogP contribution in [0.3, 0.4) is 0 Å². The van der Waals surface area contributed by atoms with Gasteiger partial charge >= 0.3 is 5.69 Å². The number of nitro benzene ring substituents is 1. The van der Waals surface area contributed by atoms with Gasteiger partial charge < -0.3 is 14.6 Å². The van der Waals surface area contributed by atoms with Crippen LogP contribution < -0.4 is 10.1 Å². The third kappa shape index (κ3) is 3.39. The monoisotopic (exact) mass is 411 g/mol. The normalized spacial score (nSPS) is 10.9. The predicted octanol–water partition coefficient (Wildman–Crippen LogP) is 4.57. The van der Waals surface area contributed by atoms with Crippen LogP contribution in [-0.4, -0.2) is 26.6 Å². The summed E-state index contributed by atoms with van der Waals surface area (Å²) in [6.07, 6.45) is 3.33. The van der Waals surface area contributed by atoms with Crippen molar-refractivity contribution in [3.05, 3.63) is 70.5 Å². The van der Waals surface area contributed by atoms with Gasteiger partial charge in [-0.2, -0.15) is 4.39 Å². The fraction of sp³-hybridized carbons (Fsp3) is 0.100. The quantitative estimate of drug-likeness (QED) is 0.382. The number of rotatable bonds is 5. The van der Waals surface area contributed by atoms with E-state index in [2.05, 4.69) is 15.3 Å². The molecular weight excluding hydrogens is 396 g/mol. The minimum absolute atomic E-state index is 0.0627. The maximum absolute atomic E-state index is 13.9. The Kier molecular flexibility index (Phi) is 4.74. The van der Waals surface area contributed by atoms with Crippen LogP contribution in [0.25, 0.3) is 22.2 Å². The Labute approximate surface area is 168 Å². The lowest BCUT2D eigenvalue weighted by molar-refractivity contribution is -0.387. The van der Waals surface area contributed by atoms with E-state index in [1.807, 2.05) is 6.20 Å². The molecule has 0 saturated heterocycles. The molecule has 8 nitrogen and oxygen atoms in total. The number of nitro groups is 1. The number of ether oxygens (including phenoxy) is 1. The van der Waals surface area contributed by atoms with Gasteiger partial charge in [0.1, 0.15) is 11.6 Å². The first kappa shape index (κ1) is 19.2. The summed E-state index contributed by atoms with van der Waals surface area (Å²) in [6.45, 7) is 0. The van der Waals surface area contributed by atoms with Gasteiger partial charge in [0.15, 0.2) is 0 Å². The Morgan fingerprint density at radius 2 is 2.00 bits per heavy atom. The second kappa shape index (κ2) is 7.39. The maximum atomic E-state index is 13.9. The molecule has 0 unspecified atom stereocenters. The summed E-state index contributed by atoms with van der Waals surface area (Å²) in [5, 5.41) is 14.7. The van der Waals surface area contributed by atoms with Crippen molar-refractivity contribution in [3.63, 3.8) is 0 Å². The number of nitrogens with one attached hydrogen (secondary N) is 1. The smallest absolute Gasteiger partial charge is 0.307 e. The molecule has 4 aromatic rings. The van der Waals surface area contributed by atoms with Gasteiger partial charge in [-0.1, -0.05) is 0 Å². The van der Waals surface area contributed by atoms with E-state index >= 15 is 0 Å². The Morgan fingerprint density at radius 3 is 2.73 bits per heavy atom. The first-order chi connectivity index (χ1) is 14.4. The molecule has 152 valence electrons. The van der Waals surface area contributed by atoms with Crippen LogP contribution in [0.4, 0.5) is 26.1 Å². The lowest BCUT2D eigenvalue weighted by atomic mass is 10.1. The van der Waals surface area contributed by atoms with E-state index in [1.54, 1.807) is 23.7 Å². The van der Waals surface area contributed by atoms with Gasteiger partial charge in [0, 0.05) is 42.5 Å². The molecule has 0 atom stereocenters. The third-order valence-corrected chi connectivity index (χ3v) is 4.60. The lowest BCUT2D eigenvalue weighted by Crippen LogP contribution is -2.02. The van der Waals surface area contributed by atoms with E-state index in [4.69, 9.17) is 4.74 Å². The standard InChI is InChI=1S/C20H15F2N5O3/c1-26-10-13(12-4-3-11(21)7-17(12)26)15-5-6-23-20(24-15)25-16-9-18(27(28)29)14(22)8-19(16)30-2/h3-10H,1-2H3,(H,23,24,25). The first-order valence-corrected chi connectivity index (χ1v) is 8.74.